The summed E-state index contributed by atoms with van der Waals surface area (Å²) < 4.78 is 4.94. The van der Waals surface area contributed by atoms with Crippen LogP contribution in [0.1, 0.15) is 43.4 Å². The summed E-state index contributed by atoms with van der Waals surface area (Å²) in [7, 11) is 0. The van der Waals surface area contributed by atoms with Gasteiger partial charge in [0.15, 0.2) is 0 Å². The van der Waals surface area contributed by atoms with Crippen molar-refractivity contribution in [3.8, 4) is 0 Å². The Morgan fingerprint density at radius 2 is 1.73 bits per heavy atom. The third kappa shape index (κ3) is 3.96. The number of ether oxygens (including phenoxy) is 1. The Balaban J connectivity index is 1.87. The van der Waals surface area contributed by atoms with E-state index in [9.17, 15) is 9.59 Å². The highest BCUT2D eigenvalue weighted by Gasteiger charge is 2.34. The lowest BCUT2D eigenvalue weighted by atomic mass is 9.85. The summed E-state index contributed by atoms with van der Waals surface area (Å²) in [5, 5.41) is 0. The fourth-order valence-corrected chi connectivity index (χ4v) is 3.19. The summed E-state index contributed by atoms with van der Waals surface area (Å²) in [5.41, 5.74) is 3.34. The van der Waals surface area contributed by atoms with Crippen molar-refractivity contribution in [3.05, 3.63) is 71.3 Å². The molecule has 4 heteroatoms. The van der Waals surface area contributed by atoms with Gasteiger partial charge in [-0.1, -0.05) is 75.4 Å². The van der Waals surface area contributed by atoms with Crippen molar-refractivity contribution in [2.75, 3.05) is 13.2 Å². The van der Waals surface area contributed by atoms with Crippen molar-refractivity contribution >= 4 is 12.0 Å². The molecule has 0 aliphatic carbocycles. The lowest BCUT2D eigenvalue weighted by Gasteiger charge is -2.22. The maximum absolute atomic E-state index is 13.0. The van der Waals surface area contributed by atoms with Crippen LogP contribution in [0.3, 0.4) is 0 Å². The van der Waals surface area contributed by atoms with Crippen LogP contribution in [0.15, 0.2) is 54.6 Å². The van der Waals surface area contributed by atoms with Gasteiger partial charge in [0.1, 0.15) is 6.61 Å². The van der Waals surface area contributed by atoms with Crippen molar-refractivity contribution in [1.29, 1.82) is 0 Å². The van der Waals surface area contributed by atoms with Crippen LogP contribution in [0.5, 0.6) is 0 Å². The molecule has 0 radical (unpaired) electrons. The van der Waals surface area contributed by atoms with E-state index in [1.807, 2.05) is 30.3 Å². The highest BCUT2D eigenvalue weighted by atomic mass is 16.6. The van der Waals surface area contributed by atoms with Gasteiger partial charge in [-0.15, -0.1) is 0 Å². The third-order valence-electron chi connectivity index (χ3n) is 4.79. The van der Waals surface area contributed by atoms with Crippen molar-refractivity contribution in [2.45, 2.75) is 38.5 Å². The van der Waals surface area contributed by atoms with Gasteiger partial charge in [0.25, 0.3) is 0 Å². The second kappa shape index (κ2) is 7.32. The Morgan fingerprint density at radius 3 is 2.27 bits per heavy atom. The van der Waals surface area contributed by atoms with E-state index in [2.05, 4.69) is 45.0 Å². The summed E-state index contributed by atoms with van der Waals surface area (Å²) in [4.78, 5) is 26.1. The summed E-state index contributed by atoms with van der Waals surface area (Å²) in [5.74, 6) is -0.596. The quantitative estimate of drug-likeness (QED) is 0.825. The number of benzene rings is 2. The second-order valence-electron chi connectivity index (χ2n) is 7.72. The third-order valence-corrected chi connectivity index (χ3v) is 4.79. The summed E-state index contributed by atoms with van der Waals surface area (Å²) >= 11 is 0. The Morgan fingerprint density at radius 1 is 1.08 bits per heavy atom. The van der Waals surface area contributed by atoms with Crippen molar-refractivity contribution < 1.29 is 14.3 Å². The van der Waals surface area contributed by atoms with Gasteiger partial charge >= 0.3 is 6.09 Å². The highest BCUT2D eigenvalue weighted by Crippen LogP contribution is 2.27. The first kappa shape index (κ1) is 18.2. The molecular weight excluding hydrogens is 326 g/mol. The molecule has 1 heterocycles. The average Bonchev–Trinajstić information content (AvgIpc) is 3.05. The highest BCUT2D eigenvalue weighted by molar-refractivity contribution is 5.96. The maximum Gasteiger partial charge on any atom is 0.416 e. The lowest BCUT2D eigenvalue weighted by molar-refractivity contribution is -0.129. The van der Waals surface area contributed by atoms with E-state index in [-0.39, 0.29) is 17.9 Å². The first-order valence-corrected chi connectivity index (χ1v) is 8.99. The van der Waals surface area contributed by atoms with Crippen LogP contribution in [0.4, 0.5) is 4.79 Å². The predicted molar refractivity (Wildman–Crippen MR) is 101 cm³/mol. The van der Waals surface area contributed by atoms with Crippen LogP contribution < -0.4 is 0 Å². The molecule has 1 saturated heterocycles. The molecule has 136 valence electrons. The standard InChI is InChI=1S/C22H25NO3/c1-22(2,3)18-11-9-16(10-12-18)15-19(17-7-5-4-6-8-17)20(24)23-13-14-26-21(23)25/h4-12,19H,13-15H2,1-3H3. The van der Waals surface area contributed by atoms with E-state index in [4.69, 9.17) is 4.74 Å². The molecule has 2 aromatic carbocycles. The van der Waals surface area contributed by atoms with Gasteiger partial charge in [0, 0.05) is 0 Å². The SMILES string of the molecule is CC(C)(C)c1ccc(CC(C(=O)N2CCOC2=O)c2ccccc2)cc1. The summed E-state index contributed by atoms with van der Waals surface area (Å²) in [6, 6.07) is 18.0. The normalized spacial score (nSPS) is 15.7. The van der Waals surface area contributed by atoms with Crippen molar-refractivity contribution in [2.24, 2.45) is 0 Å². The van der Waals surface area contributed by atoms with Crippen LogP contribution in [-0.2, 0) is 21.4 Å². The molecule has 0 saturated carbocycles. The van der Waals surface area contributed by atoms with Gasteiger partial charge in [-0.05, 0) is 28.5 Å². The van der Waals surface area contributed by atoms with Gasteiger partial charge in [0.2, 0.25) is 5.91 Å². The molecule has 1 aliphatic rings. The number of imide groups is 1. The van der Waals surface area contributed by atoms with Crippen LogP contribution >= 0.6 is 0 Å². The van der Waals surface area contributed by atoms with Gasteiger partial charge in [-0.3, -0.25) is 4.79 Å². The summed E-state index contributed by atoms with van der Waals surface area (Å²) in [6.45, 7) is 7.13. The average molecular weight is 351 g/mol. The maximum atomic E-state index is 13.0. The van der Waals surface area contributed by atoms with Crippen LogP contribution in [0, 0.1) is 0 Å². The zero-order valence-corrected chi connectivity index (χ0v) is 15.6. The molecule has 1 fully saturated rings. The molecule has 0 bridgehead atoms. The number of rotatable bonds is 4. The van der Waals surface area contributed by atoms with Crippen LogP contribution in [0.25, 0.3) is 0 Å². The number of hydrogen-bond donors (Lipinski definition) is 0. The van der Waals surface area contributed by atoms with Gasteiger partial charge in [-0.2, -0.15) is 0 Å². The minimum Gasteiger partial charge on any atom is -0.447 e. The number of nitrogens with zero attached hydrogens (tertiary/aromatic N) is 1. The molecule has 2 aromatic rings. The zero-order valence-electron chi connectivity index (χ0n) is 15.6. The Labute approximate surface area is 154 Å². The topological polar surface area (TPSA) is 46.6 Å². The summed E-state index contributed by atoms with van der Waals surface area (Å²) in [6.07, 6.45) is 0.0100. The van der Waals surface area contributed by atoms with E-state index >= 15 is 0 Å². The Kier molecular flexibility index (Phi) is 5.12. The van der Waals surface area contributed by atoms with Gasteiger partial charge in [0.05, 0.1) is 12.5 Å². The first-order valence-electron chi connectivity index (χ1n) is 8.99. The van der Waals surface area contributed by atoms with Crippen LogP contribution in [-0.4, -0.2) is 30.1 Å². The Bertz CT molecular complexity index is 775. The van der Waals surface area contributed by atoms with E-state index in [1.54, 1.807) is 0 Å². The molecule has 4 nitrogen and oxygen atoms in total. The van der Waals surface area contributed by atoms with Gasteiger partial charge < -0.3 is 4.74 Å². The van der Waals surface area contributed by atoms with E-state index in [1.165, 1.54) is 10.5 Å². The first-order chi connectivity index (χ1) is 12.4. The molecule has 0 spiro atoms. The minimum absolute atomic E-state index is 0.0898. The molecule has 1 aliphatic heterocycles. The fraction of sp³-hybridized carbons (Fsp3) is 0.364. The Hall–Kier alpha value is -2.62. The van der Waals surface area contributed by atoms with Crippen molar-refractivity contribution in [1.82, 2.24) is 4.90 Å². The van der Waals surface area contributed by atoms with E-state index in [0.29, 0.717) is 13.0 Å². The smallest absolute Gasteiger partial charge is 0.416 e. The monoisotopic (exact) mass is 351 g/mol. The largest absolute Gasteiger partial charge is 0.447 e. The van der Waals surface area contributed by atoms with Gasteiger partial charge in [-0.25, -0.2) is 9.69 Å². The zero-order chi connectivity index (χ0) is 18.7. The molecule has 0 N–H and O–H groups in total. The molecule has 2 amide bonds. The van der Waals surface area contributed by atoms with E-state index < -0.39 is 12.0 Å². The molecule has 3 rings (SSSR count). The molecular formula is C22H25NO3. The number of amides is 2. The van der Waals surface area contributed by atoms with Crippen molar-refractivity contribution in [3.63, 3.8) is 0 Å². The molecule has 1 unspecified atom stereocenters. The molecule has 26 heavy (non-hydrogen) atoms. The number of hydrogen-bond acceptors (Lipinski definition) is 3. The molecule has 0 aromatic heterocycles. The number of cyclic esters (lactones) is 1. The van der Waals surface area contributed by atoms with Crippen LogP contribution in [0.2, 0.25) is 0 Å². The lowest BCUT2D eigenvalue weighted by Crippen LogP contribution is -2.36. The second-order valence-corrected chi connectivity index (χ2v) is 7.72. The predicted octanol–water partition coefficient (Wildman–Crippen LogP) is 4.29. The fourth-order valence-electron chi connectivity index (χ4n) is 3.19. The molecule has 1 atom stereocenters. The minimum atomic E-state index is -0.543. The van der Waals surface area contributed by atoms with E-state index in [0.717, 1.165) is 11.1 Å². The number of carbonyl (C=O) groups is 2. The number of carbonyl (C=O) groups excluding carboxylic acids is 2.